The second-order valence-electron chi connectivity index (χ2n) is 5.57. The molecule has 1 aliphatic rings. The third-order valence-electron chi connectivity index (χ3n) is 3.82. The number of rotatable bonds is 5. The maximum absolute atomic E-state index is 12.8. The van der Waals surface area contributed by atoms with Crippen molar-refractivity contribution in [3.63, 3.8) is 0 Å². The lowest BCUT2D eigenvalue weighted by Crippen LogP contribution is -2.31. The van der Waals surface area contributed by atoms with Crippen LogP contribution >= 0.6 is 23.2 Å². The van der Waals surface area contributed by atoms with Gasteiger partial charge in [0.2, 0.25) is 5.84 Å². The fourth-order valence-corrected chi connectivity index (χ4v) is 2.90. The first-order valence-corrected chi connectivity index (χ1v) is 8.76. The van der Waals surface area contributed by atoms with Gasteiger partial charge in [0.15, 0.2) is 0 Å². The second kappa shape index (κ2) is 7.76. The number of likely N-dealkylation sites (N-methyl/N-ethyl adjacent to an activating group) is 1. The number of imide groups is 1. The van der Waals surface area contributed by atoms with E-state index in [0.717, 1.165) is 10.6 Å². The van der Waals surface area contributed by atoms with Crippen molar-refractivity contribution in [2.24, 2.45) is 4.99 Å². The molecule has 1 unspecified atom stereocenters. The SMILES string of the molecule is CN1C(=O)N(c2ccccc2Cl)C(=O)C1=NC(CCl)Nc1ccccc1. The van der Waals surface area contributed by atoms with E-state index in [9.17, 15) is 9.59 Å². The molecule has 2 aromatic rings. The van der Waals surface area contributed by atoms with Gasteiger partial charge >= 0.3 is 11.9 Å². The number of halogens is 2. The average molecular weight is 391 g/mol. The van der Waals surface area contributed by atoms with Crippen molar-refractivity contribution in [2.45, 2.75) is 6.17 Å². The second-order valence-corrected chi connectivity index (χ2v) is 6.28. The van der Waals surface area contributed by atoms with Crippen LogP contribution in [0.15, 0.2) is 59.6 Å². The van der Waals surface area contributed by atoms with E-state index in [2.05, 4.69) is 10.3 Å². The molecule has 1 fully saturated rings. The Morgan fingerprint density at radius 1 is 1.08 bits per heavy atom. The van der Waals surface area contributed by atoms with Crippen molar-refractivity contribution in [2.75, 3.05) is 23.1 Å². The molecule has 3 rings (SSSR count). The van der Waals surface area contributed by atoms with Gasteiger partial charge in [-0.3, -0.25) is 9.69 Å². The number of amidine groups is 1. The number of carbonyl (C=O) groups is 2. The number of carbonyl (C=O) groups excluding carboxylic acids is 2. The van der Waals surface area contributed by atoms with Crippen LogP contribution in [0.5, 0.6) is 0 Å². The molecule has 0 bridgehead atoms. The van der Waals surface area contributed by atoms with Gasteiger partial charge in [-0.2, -0.15) is 0 Å². The zero-order valence-electron chi connectivity index (χ0n) is 13.9. The molecule has 0 spiro atoms. The molecule has 1 aliphatic heterocycles. The number of aliphatic imine (C=N–C) groups is 1. The van der Waals surface area contributed by atoms with Crippen LogP contribution in [0.3, 0.4) is 0 Å². The summed E-state index contributed by atoms with van der Waals surface area (Å²) in [7, 11) is 1.49. The van der Waals surface area contributed by atoms with Crippen LogP contribution in [0, 0.1) is 0 Å². The number of benzene rings is 2. The maximum atomic E-state index is 12.8. The molecule has 134 valence electrons. The molecule has 26 heavy (non-hydrogen) atoms. The van der Waals surface area contributed by atoms with E-state index in [1.807, 2.05) is 30.3 Å². The van der Waals surface area contributed by atoms with Crippen LogP contribution in [-0.2, 0) is 4.79 Å². The van der Waals surface area contributed by atoms with E-state index in [-0.39, 0.29) is 11.7 Å². The summed E-state index contributed by atoms with van der Waals surface area (Å²) in [4.78, 5) is 31.9. The van der Waals surface area contributed by atoms with Crippen molar-refractivity contribution in [3.05, 3.63) is 59.6 Å². The van der Waals surface area contributed by atoms with Gasteiger partial charge < -0.3 is 5.32 Å². The Hall–Kier alpha value is -2.57. The Morgan fingerprint density at radius 2 is 1.73 bits per heavy atom. The van der Waals surface area contributed by atoms with E-state index >= 15 is 0 Å². The number of para-hydroxylation sites is 2. The minimum Gasteiger partial charge on any atom is -0.363 e. The first-order chi connectivity index (χ1) is 12.5. The van der Waals surface area contributed by atoms with E-state index in [1.54, 1.807) is 24.3 Å². The lowest BCUT2D eigenvalue weighted by Gasteiger charge is -2.15. The first kappa shape index (κ1) is 18.2. The van der Waals surface area contributed by atoms with E-state index in [1.165, 1.54) is 11.9 Å². The number of nitrogens with one attached hydrogen (secondary N) is 1. The molecule has 2 aromatic carbocycles. The van der Waals surface area contributed by atoms with Crippen molar-refractivity contribution >= 4 is 52.4 Å². The van der Waals surface area contributed by atoms with E-state index < -0.39 is 18.1 Å². The topological polar surface area (TPSA) is 65.0 Å². The summed E-state index contributed by atoms with van der Waals surface area (Å²) in [6.45, 7) is 0. The Labute approximate surface area is 161 Å². The number of nitrogens with zero attached hydrogens (tertiary/aromatic N) is 3. The number of hydrogen-bond acceptors (Lipinski definition) is 4. The van der Waals surface area contributed by atoms with Crippen LogP contribution in [-0.4, -0.2) is 41.8 Å². The van der Waals surface area contributed by atoms with Crippen LogP contribution in [0.25, 0.3) is 0 Å². The third kappa shape index (κ3) is 3.52. The van der Waals surface area contributed by atoms with Gasteiger partial charge in [-0.15, -0.1) is 11.6 Å². The Balaban J connectivity index is 1.89. The lowest BCUT2D eigenvalue weighted by molar-refractivity contribution is -0.111. The third-order valence-corrected chi connectivity index (χ3v) is 4.43. The molecule has 6 nitrogen and oxygen atoms in total. The molecular formula is C18H16Cl2N4O2. The van der Waals surface area contributed by atoms with Crippen LogP contribution in [0.4, 0.5) is 16.2 Å². The Morgan fingerprint density at radius 3 is 2.38 bits per heavy atom. The minimum atomic E-state index is -0.570. The fourth-order valence-electron chi connectivity index (χ4n) is 2.54. The Kier molecular flexibility index (Phi) is 5.44. The van der Waals surface area contributed by atoms with Gasteiger partial charge in [-0.05, 0) is 24.3 Å². The standard InChI is InChI=1S/C18H16Cl2N4O2/c1-23-16(22-15(11-19)21-12-7-3-2-4-8-12)17(25)24(18(23)26)14-10-6-5-9-13(14)20/h2-10,15,21H,11H2,1H3. The quantitative estimate of drug-likeness (QED) is 0.623. The van der Waals surface area contributed by atoms with E-state index in [0.29, 0.717) is 10.7 Å². The zero-order valence-corrected chi connectivity index (χ0v) is 15.4. The van der Waals surface area contributed by atoms with Gasteiger partial charge in [0.1, 0.15) is 6.17 Å². The van der Waals surface area contributed by atoms with Crippen molar-refractivity contribution < 1.29 is 9.59 Å². The number of alkyl halides is 1. The summed E-state index contributed by atoms with van der Waals surface area (Å²) in [5.41, 5.74) is 1.13. The average Bonchev–Trinajstić information content (AvgIpc) is 2.86. The summed E-state index contributed by atoms with van der Waals surface area (Å²) in [6, 6.07) is 15.5. The highest BCUT2D eigenvalue weighted by Crippen LogP contribution is 2.29. The molecule has 0 saturated carbocycles. The summed E-state index contributed by atoms with van der Waals surface area (Å²) < 4.78 is 0. The van der Waals surface area contributed by atoms with Crippen molar-refractivity contribution in [1.82, 2.24) is 4.90 Å². The highest BCUT2D eigenvalue weighted by molar-refractivity contribution is 6.55. The number of amides is 3. The number of anilines is 2. The normalized spacial score (nSPS) is 17.1. The summed E-state index contributed by atoms with van der Waals surface area (Å²) in [5, 5.41) is 3.43. The van der Waals surface area contributed by atoms with Crippen LogP contribution in [0.2, 0.25) is 5.02 Å². The predicted octanol–water partition coefficient (Wildman–Crippen LogP) is 3.81. The molecule has 0 radical (unpaired) electrons. The molecule has 1 saturated heterocycles. The predicted molar refractivity (Wildman–Crippen MR) is 104 cm³/mol. The lowest BCUT2D eigenvalue weighted by atomic mass is 10.3. The van der Waals surface area contributed by atoms with Gasteiger partial charge in [0.05, 0.1) is 16.6 Å². The summed E-state index contributed by atoms with van der Waals surface area (Å²) in [5.74, 6) is -0.417. The molecule has 3 amide bonds. The van der Waals surface area contributed by atoms with Gasteiger partial charge in [0.25, 0.3) is 0 Å². The smallest absolute Gasteiger partial charge is 0.337 e. The summed E-state index contributed by atoms with van der Waals surface area (Å²) >= 11 is 12.1. The zero-order chi connectivity index (χ0) is 18.7. The van der Waals surface area contributed by atoms with Crippen LogP contribution in [0.1, 0.15) is 0 Å². The number of hydrogen-bond donors (Lipinski definition) is 1. The molecule has 1 N–H and O–H groups in total. The first-order valence-electron chi connectivity index (χ1n) is 7.85. The van der Waals surface area contributed by atoms with Gasteiger partial charge in [0, 0.05) is 12.7 Å². The van der Waals surface area contributed by atoms with Gasteiger partial charge in [-0.25, -0.2) is 14.7 Å². The van der Waals surface area contributed by atoms with Crippen LogP contribution < -0.4 is 10.2 Å². The van der Waals surface area contributed by atoms with Gasteiger partial charge in [-0.1, -0.05) is 41.9 Å². The fraction of sp³-hybridized carbons (Fsp3) is 0.167. The Bertz CT molecular complexity index is 857. The molecule has 1 heterocycles. The molecule has 1 atom stereocenters. The molecule has 8 heteroatoms. The van der Waals surface area contributed by atoms with Crippen molar-refractivity contribution in [3.8, 4) is 0 Å². The molecule has 0 aromatic heterocycles. The highest BCUT2D eigenvalue weighted by Gasteiger charge is 2.42. The molecule has 0 aliphatic carbocycles. The van der Waals surface area contributed by atoms with Crippen molar-refractivity contribution in [1.29, 1.82) is 0 Å². The molecular weight excluding hydrogens is 375 g/mol. The highest BCUT2D eigenvalue weighted by atomic mass is 35.5. The summed E-state index contributed by atoms with van der Waals surface area (Å²) in [6.07, 6.45) is -0.570. The maximum Gasteiger partial charge on any atom is 0.337 e. The minimum absolute atomic E-state index is 0.00370. The van der Waals surface area contributed by atoms with E-state index in [4.69, 9.17) is 23.2 Å². The number of urea groups is 1. The monoisotopic (exact) mass is 390 g/mol. The largest absolute Gasteiger partial charge is 0.363 e.